The maximum absolute atomic E-state index is 12.9. The molecule has 1 saturated carbocycles. The fourth-order valence-corrected chi connectivity index (χ4v) is 5.47. The van der Waals surface area contributed by atoms with Crippen LogP contribution in [0.3, 0.4) is 0 Å². The van der Waals surface area contributed by atoms with E-state index < -0.39 is 23.7 Å². The molecule has 9 atom stereocenters. The lowest BCUT2D eigenvalue weighted by molar-refractivity contribution is -0.169. The van der Waals surface area contributed by atoms with Crippen molar-refractivity contribution in [2.24, 2.45) is 29.1 Å². The van der Waals surface area contributed by atoms with Crippen LogP contribution in [0.25, 0.3) is 0 Å². The number of esters is 2. The topological polar surface area (TPSA) is 113 Å². The summed E-state index contributed by atoms with van der Waals surface area (Å²) in [4.78, 5) is 24.7. The number of cyclic esters (lactones) is 1. The molecule has 0 spiro atoms. The molecule has 0 aromatic carbocycles. The van der Waals surface area contributed by atoms with Crippen LogP contribution in [-0.4, -0.2) is 57.8 Å². The highest BCUT2D eigenvalue weighted by Gasteiger charge is 2.49. The van der Waals surface area contributed by atoms with E-state index >= 15 is 0 Å². The van der Waals surface area contributed by atoms with Gasteiger partial charge >= 0.3 is 11.9 Å². The number of hydrogen-bond donors (Lipinski definition) is 3. The summed E-state index contributed by atoms with van der Waals surface area (Å²) >= 11 is 0. The van der Waals surface area contributed by atoms with E-state index in [-0.39, 0.29) is 54.2 Å². The number of rotatable bonds is 6. The molecular formula is C25H40O7. The lowest BCUT2D eigenvalue weighted by Crippen LogP contribution is -2.51. The molecule has 1 aliphatic heterocycles. The Hall–Kier alpha value is -1.44. The summed E-state index contributed by atoms with van der Waals surface area (Å²) in [7, 11) is 0. The first kappa shape index (κ1) is 25.2. The SMILES string of the molecule is CCC(C)(C)C(=O)OC1CC(C)C(O)C2=CC(O)C(C)C(CC[C@@H]3C[C@@H](O)CC(=O)O3)C21. The maximum atomic E-state index is 12.9. The minimum Gasteiger partial charge on any atom is -0.462 e. The zero-order chi connectivity index (χ0) is 23.8. The number of fused-ring (bicyclic) bond motifs is 1. The van der Waals surface area contributed by atoms with Gasteiger partial charge in [-0.2, -0.15) is 0 Å². The quantitative estimate of drug-likeness (QED) is 0.419. The van der Waals surface area contributed by atoms with Crippen LogP contribution in [-0.2, 0) is 19.1 Å². The minimum absolute atomic E-state index is 0.0277. The first-order valence-electron chi connectivity index (χ1n) is 12.1. The van der Waals surface area contributed by atoms with Gasteiger partial charge in [-0.3, -0.25) is 9.59 Å². The molecule has 32 heavy (non-hydrogen) atoms. The molecule has 1 saturated heterocycles. The summed E-state index contributed by atoms with van der Waals surface area (Å²) in [5.41, 5.74) is 0.164. The second kappa shape index (κ2) is 9.82. The van der Waals surface area contributed by atoms with Crippen molar-refractivity contribution >= 4 is 11.9 Å². The standard InChI is InChI=1S/C25H40O7/c1-6-25(4,5)24(30)32-20-9-13(2)23(29)18-12-19(27)14(3)17(22(18)20)8-7-16-10-15(26)11-21(28)31-16/h12-17,19-20,22-23,26-27,29H,6-11H2,1-5H3/t13?,14?,15-,16-,17?,19?,20?,22?,23?/m1/s1. The van der Waals surface area contributed by atoms with Crippen LogP contribution in [0, 0.1) is 29.1 Å². The monoisotopic (exact) mass is 452 g/mol. The van der Waals surface area contributed by atoms with E-state index in [0.29, 0.717) is 32.1 Å². The summed E-state index contributed by atoms with van der Waals surface area (Å²) in [5.74, 6) is -1.06. The van der Waals surface area contributed by atoms with Gasteiger partial charge in [0.25, 0.3) is 0 Å². The van der Waals surface area contributed by atoms with Crippen molar-refractivity contribution in [1.82, 2.24) is 0 Å². The van der Waals surface area contributed by atoms with Gasteiger partial charge in [0.15, 0.2) is 0 Å². The van der Waals surface area contributed by atoms with E-state index in [1.165, 1.54) is 0 Å². The molecule has 7 unspecified atom stereocenters. The normalized spacial score (nSPS) is 40.2. The summed E-state index contributed by atoms with van der Waals surface area (Å²) in [6.07, 6.45) is 1.79. The summed E-state index contributed by atoms with van der Waals surface area (Å²) < 4.78 is 11.5. The average molecular weight is 453 g/mol. The van der Waals surface area contributed by atoms with Gasteiger partial charge < -0.3 is 24.8 Å². The van der Waals surface area contributed by atoms with Gasteiger partial charge in [-0.15, -0.1) is 0 Å². The highest BCUT2D eigenvalue weighted by atomic mass is 16.6. The Morgan fingerprint density at radius 1 is 1.19 bits per heavy atom. The summed E-state index contributed by atoms with van der Waals surface area (Å²) in [6, 6.07) is 0. The molecule has 0 radical (unpaired) electrons. The molecule has 0 bridgehead atoms. The number of aliphatic hydroxyl groups excluding tert-OH is 3. The third kappa shape index (κ3) is 5.20. The molecule has 7 nitrogen and oxygen atoms in total. The van der Waals surface area contributed by atoms with Gasteiger partial charge in [0.1, 0.15) is 12.2 Å². The van der Waals surface area contributed by atoms with Crippen molar-refractivity contribution in [2.75, 3.05) is 0 Å². The van der Waals surface area contributed by atoms with E-state index in [9.17, 15) is 24.9 Å². The number of aliphatic hydroxyl groups is 3. The van der Waals surface area contributed by atoms with Crippen LogP contribution >= 0.6 is 0 Å². The zero-order valence-electron chi connectivity index (χ0n) is 20.0. The van der Waals surface area contributed by atoms with Crippen molar-refractivity contribution < 1.29 is 34.4 Å². The second-order valence-corrected chi connectivity index (χ2v) is 10.8. The molecule has 7 heteroatoms. The second-order valence-electron chi connectivity index (χ2n) is 10.8. The molecule has 182 valence electrons. The average Bonchev–Trinajstić information content (AvgIpc) is 2.71. The van der Waals surface area contributed by atoms with Gasteiger partial charge in [-0.05, 0) is 62.9 Å². The first-order chi connectivity index (χ1) is 14.9. The van der Waals surface area contributed by atoms with Gasteiger partial charge in [0.05, 0.1) is 30.1 Å². The van der Waals surface area contributed by atoms with Crippen LogP contribution in [0.5, 0.6) is 0 Å². The van der Waals surface area contributed by atoms with Crippen LogP contribution in [0.15, 0.2) is 11.6 Å². The Bertz CT molecular complexity index is 730. The lowest BCUT2D eigenvalue weighted by atomic mass is 9.61. The predicted molar refractivity (Wildman–Crippen MR) is 118 cm³/mol. The molecule has 0 aromatic heterocycles. The Kier molecular flexibility index (Phi) is 7.73. The largest absolute Gasteiger partial charge is 0.462 e. The molecular weight excluding hydrogens is 412 g/mol. The summed E-state index contributed by atoms with van der Waals surface area (Å²) in [5, 5.41) is 31.6. The van der Waals surface area contributed by atoms with Crippen molar-refractivity contribution in [1.29, 1.82) is 0 Å². The van der Waals surface area contributed by atoms with Gasteiger partial charge in [-0.25, -0.2) is 0 Å². The molecule has 1 heterocycles. The van der Waals surface area contributed by atoms with Crippen LogP contribution in [0.1, 0.15) is 73.1 Å². The minimum atomic E-state index is -0.700. The number of hydrogen-bond acceptors (Lipinski definition) is 7. The van der Waals surface area contributed by atoms with Crippen molar-refractivity contribution in [3.05, 3.63) is 11.6 Å². The highest BCUT2D eigenvalue weighted by molar-refractivity contribution is 5.76. The Balaban J connectivity index is 1.83. The first-order valence-corrected chi connectivity index (χ1v) is 12.1. The predicted octanol–water partition coefficient (Wildman–Crippen LogP) is 2.75. The van der Waals surface area contributed by atoms with Crippen molar-refractivity contribution in [2.45, 2.75) is 104 Å². The van der Waals surface area contributed by atoms with Gasteiger partial charge in [0.2, 0.25) is 0 Å². The van der Waals surface area contributed by atoms with E-state index in [0.717, 1.165) is 5.57 Å². The van der Waals surface area contributed by atoms with E-state index in [4.69, 9.17) is 9.47 Å². The van der Waals surface area contributed by atoms with Crippen LogP contribution in [0.2, 0.25) is 0 Å². The highest BCUT2D eigenvalue weighted by Crippen LogP contribution is 2.48. The van der Waals surface area contributed by atoms with E-state index in [1.54, 1.807) is 6.08 Å². The Morgan fingerprint density at radius 2 is 1.88 bits per heavy atom. The number of carbonyl (C=O) groups is 2. The van der Waals surface area contributed by atoms with Crippen LogP contribution < -0.4 is 0 Å². The van der Waals surface area contributed by atoms with Crippen molar-refractivity contribution in [3.8, 4) is 0 Å². The third-order valence-corrected chi connectivity index (χ3v) is 8.06. The van der Waals surface area contributed by atoms with E-state index in [1.807, 2.05) is 34.6 Å². The molecule has 2 aliphatic carbocycles. The maximum Gasteiger partial charge on any atom is 0.311 e. The molecule has 0 aromatic rings. The van der Waals surface area contributed by atoms with Crippen molar-refractivity contribution in [3.63, 3.8) is 0 Å². The Labute approximate surface area is 191 Å². The van der Waals surface area contributed by atoms with Gasteiger partial charge in [0, 0.05) is 12.3 Å². The zero-order valence-corrected chi connectivity index (χ0v) is 20.0. The van der Waals surface area contributed by atoms with E-state index in [2.05, 4.69) is 0 Å². The Morgan fingerprint density at radius 3 is 2.50 bits per heavy atom. The smallest absolute Gasteiger partial charge is 0.311 e. The fraction of sp³-hybridized carbons (Fsp3) is 0.840. The lowest BCUT2D eigenvalue weighted by Gasteiger charge is -2.49. The van der Waals surface area contributed by atoms with Crippen LogP contribution in [0.4, 0.5) is 0 Å². The molecule has 3 rings (SSSR count). The molecule has 3 N–H and O–H groups in total. The summed E-state index contributed by atoms with van der Waals surface area (Å²) in [6.45, 7) is 9.63. The third-order valence-electron chi connectivity index (χ3n) is 8.06. The molecule has 2 fully saturated rings. The molecule has 3 aliphatic rings. The molecule has 0 amide bonds. The fourth-order valence-electron chi connectivity index (χ4n) is 5.47. The van der Waals surface area contributed by atoms with Gasteiger partial charge in [-0.1, -0.05) is 26.8 Å². The number of ether oxygens (including phenoxy) is 2. The number of carbonyl (C=O) groups excluding carboxylic acids is 2.